The Balaban J connectivity index is 1.36. The van der Waals surface area contributed by atoms with E-state index in [1.807, 2.05) is 31.2 Å². The van der Waals surface area contributed by atoms with Crippen LogP contribution < -0.4 is 14.8 Å². The second kappa shape index (κ2) is 10.9. The zero-order chi connectivity index (χ0) is 22.1. The van der Waals surface area contributed by atoms with E-state index in [0.717, 1.165) is 5.56 Å². The van der Waals surface area contributed by atoms with E-state index in [1.54, 1.807) is 18.3 Å². The van der Waals surface area contributed by atoms with Crippen molar-refractivity contribution in [2.24, 2.45) is 5.16 Å². The second-order valence-corrected chi connectivity index (χ2v) is 8.45. The van der Waals surface area contributed by atoms with Crippen molar-refractivity contribution in [2.45, 2.75) is 6.92 Å². The second-order valence-electron chi connectivity index (χ2n) is 6.60. The molecule has 0 bridgehead atoms. The summed E-state index contributed by atoms with van der Waals surface area (Å²) in [5.41, 5.74) is 7.08. The number of nitrogen functional groups attached to an aromatic ring is 1. The van der Waals surface area contributed by atoms with Crippen LogP contribution in [-0.2, 0) is 19.8 Å². The fourth-order valence-electron chi connectivity index (χ4n) is 2.96. The highest BCUT2D eigenvalue weighted by molar-refractivity contribution is 7.90. The molecule has 1 aliphatic heterocycles. The van der Waals surface area contributed by atoms with Gasteiger partial charge >= 0.3 is 10.2 Å². The Hall–Kier alpha value is -2.89. The van der Waals surface area contributed by atoms with E-state index < -0.39 is 10.2 Å². The van der Waals surface area contributed by atoms with E-state index >= 15 is 0 Å². The van der Waals surface area contributed by atoms with E-state index in [4.69, 9.17) is 20.0 Å². The molecule has 2 aromatic rings. The molecule has 11 heteroatoms. The molecule has 2 heterocycles. The van der Waals surface area contributed by atoms with Crippen LogP contribution in [0.2, 0.25) is 0 Å². The lowest BCUT2D eigenvalue weighted by Gasteiger charge is -2.20. The Labute approximate surface area is 182 Å². The number of oxime groups is 1. The summed E-state index contributed by atoms with van der Waals surface area (Å²) in [4.78, 5) is 8.82. The number of hydrogen-bond donors (Lipinski definition) is 1. The van der Waals surface area contributed by atoms with Gasteiger partial charge in [-0.3, -0.25) is 4.31 Å². The fraction of sp³-hybridized carbons (Fsp3) is 0.400. The molecule has 0 amide bonds. The average molecular weight is 450 g/mol. The highest BCUT2D eigenvalue weighted by Crippen LogP contribution is 2.25. The van der Waals surface area contributed by atoms with Gasteiger partial charge in [0.2, 0.25) is 0 Å². The Bertz CT molecular complexity index is 968. The van der Waals surface area contributed by atoms with Crippen molar-refractivity contribution in [3.8, 4) is 5.75 Å². The molecule has 168 valence electrons. The fourth-order valence-corrected chi connectivity index (χ4v) is 4.55. The molecule has 0 aliphatic carbocycles. The first-order valence-electron chi connectivity index (χ1n) is 9.96. The number of ether oxygens (including phenoxy) is 2. The summed E-state index contributed by atoms with van der Waals surface area (Å²) in [6.45, 7) is 4.42. The van der Waals surface area contributed by atoms with Crippen LogP contribution in [0.4, 0.5) is 11.5 Å². The van der Waals surface area contributed by atoms with Crippen LogP contribution in [0.3, 0.4) is 0 Å². The molecule has 0 radical (unpaired) electrons. The predicted octanol–water partition coefficient (Wildman–Crippen LogP) is 1.50. The van der Waals surface area contributed by atoms with Crippen LogP contribution in [0.5, 0.6) is 5.75 Å². The summed E-state index contributed by atoms with van der Waals surface area (Å²) in [7, 11) is -3.59. The third-order valence-electron chi connectivity index (χ3n) is 4.48. The molecular formula is C20H27N5O5S. The van der Waals surface area contributed by atoms with E-state index in [0.29, 0.717) is 44.3 Å². The van der Waals surface area contributed by atoms with Crippen LogP contribution in [0.15, 0.2) is 47.8 Å². The average Bonchev–Trinajstić information content (AvgIpc) is 3.05. The largest absolute Gasteiger partial charge is 0.491 e. The normalized spacial score (nSPS) is 16.1. The first-order valence-corrected chi connectivity index (χ1v) is 11.4. The smallest absolute Gasteiger partial charge is 0.304 e. The van der Waals surface area contributed by atoms with Gasteiger partial charge in [0.1, 0.15) is 24.8 Å². The van der Waals surface area contributed by atoms with Gasteiger partial charge in [0.25, 0.3) is 0 Å². The maximum absolute atomic E-state index is 12.7. The lowest BCUT2D eigenvalue weighted by molar-refractivity contribution is 0.0937. The van der Waals surface area contributed by atoms with E-state index in [2.05, 4.69) is 10.1 Å². The minimum absolute atomic E-state index is 0.271. The van der Waals surface area contributed by atoms with Crippen LogP contribution in [0, 0.1) is 0 Å². The molecule has 1 saturated heterocycles. The number of nitrogens with zero attached hydrogens (tertiary/aromatic N) is 4. The summed E-state index contributed by atoms with van der Waals surface area (Å²) in [6.07, 6.45) is 3.13. The zero-order valence-electron chi connectivity index (χ0n) is 17.4. The molecule has 2 N–H and O–H groups in total. The number of nitrogens with two attached hydrogens (primary N) is 1. The lowest BCUT2D eigenvalue weighted by atomic mass is 10.2. The Kier molecular flexibility index (Phi) is 8.04. The SMILES string of the molecule is CCO/N=C/c1ccc(OCCOCCN2CCN(c3ccnc(N)c3)S2(=O)=O)cc1. The lowest BCUT2D eigenvalue weighted by Crippen LogP contribution is -2.35. The number of hydrogen-bond acceptors (Lipinski definition) is 8. The molecule has 0 saturated carbocycles. The summed E-state index contributed by atoms with van der Waals surface area (Å²) in [5, 5.41) is 3.81. The van der Waals surface area contributed by atoms with Crippen molar-refractivity contribution < 1.29 is 22.7 Å². The van der Waals surface area contributed by atoms with Gasteiger partial charge in [0.15, 0.2) is 0 Å². The van der Waals surface area contributed by atoms with Gasteiger partial charge in [-0.1, -0.05) is 5.16 Å². The molecular weight excluding hydrogens is 422 g/mol. The number of aromatic nitrogens is 1. The number of anilines is 2. The molecule has 0 atom stereocenters. The van der Waals surface area contributed by atoms with Crippen molar-refractivity contribution in [3.63, 3.8) is 0 Å². The summed E-state index contributed by atoms with van der Waals surface area (Å²) in [5.74, 6) is 0.995. The molecule has 0 spiro atoms. The molecule has 0 unspecified atom stereocenters. The third kappa shape index (κ3) is 6.29. The van der Waals surface area contributed by atoms with Crippen LogP contribution >= 0.6 is 0 Å². The molecule has 1 aromatic carbocycles. The molecule has 1 aliphatic rings. The summed E-state index contributed by atoms with van der Waals surface area (Å²) in [6, 6.07) is 10.6. The van der Waals surface area contributed by atoms with Crippen LogP contribution in [-0.4, -0.2) is 70.0 Å². The van der Waals surface area contributed by atoms with Crippen molar-refractivity contribution in [3.05, 3.63) is 48.2 Å². The molecule has 10 nitrogen and oxygen atoms in total. The van der Waals surface area contributed by atoms with Gasteiger partial charge in [-0.05, 0) is 42.8 Å². The van der Waals surface area contributed by atoms with E-state index in [9.17, 15) is 8.42 Å². The molecule has 1 aromatic heterocycles. The quantitative estimate of drug-likeness (QED) is 0.314. The number of benzene rings is 1. The minimum atomic E-state index is -3.59. The monoisotopic (exact) mass is 449 g/mol. The highest BCUT2D eigenvalue weighted by atomic mass is 32.2. The zero-order valence-corrected chi connectivity index (χ0v) is 18.2. The Morgan fingerprint density at radius 2 is 1.97 bits per heavy atom. The number of pyridine rings is 1. The van der Waals surface area contributed by atoms with Gasteiger partial charge in [-0.25, -0.2) is 4.98 Å². The van der Waals surface area contributed by atoms with Gasteiger partial charge in [0.05, 0.1) is 25.1 Å². The van der Waals surface area contributed by atoms with Crippen molar-refractivity contribution in [1.82, 2.24) is 9.29 Å². The van der Waals surface area contributed by atoms with E-state index in [-0.39, 0.29) is 19.0 Å². The standard InChI is InChI=1S/C20H27N5O5S/c1-2-30-23-16-17-3-5-19(6-4-17)29-14-13-28-12-11-24-9-10-25(31(24,26)27)18-7-8-22-20(21)15-18/h3-8,15-16H,2,9-14H2,1H3,(H2,21,22)/b23-16+. The van der Waals surface area contributed by atoms with Crippen molar-refractivity contribution in [2.75, 3.05) is 56.1 Å². The number of rotatable bonds is 11. The van der Waals surface area contributed by atoms with Crippen LogP contribution in [0.25, 0.3) is 0 Å². The molecule has 1 fully saturated rings. The molecule has 31 heavy (non-hydrogen) atoms. The summed E-state index contributed by atoms with van der Waals surface area (Å²) < 4.78 is 39.3. The van der Waals surface area contributed by atoms with Gasteiger partial charge in [0, 0.05) is 31.9 Å². The Morgan fingerprint density at radius 1 is 1.16 bits per heavy atom. The predicted molar refractivity (Wildman–Crippen MR) is 118 cm³/mol. The highest BCUT2D eigenvalue weighted by Gasteiger charge is 2.36. The van der Waals surface area contributed by atoms with Gasteiger partial charge in [-0.15, -0.1) is 0 Å². The van der Waals surface area contributed by atoms with E-state index in [1.165, 1.54) is 14.8 Å². The maximum Gasteiger partial charge on any atom is 0.304 e. The van der Waals surface area contributed by atoms with Gasteiger partial charge in [-0.2, -0.15) is 12.7 Å². The van der Waals surface area contributed by atoms with Gasteiger partial charge < -0.3 is 20.0 Å². The third-order valence-corrected chi connectivity index (χ3v) is 6.45. The van der Waals surface area contributed by atoms with Crippen molar-refractivity contribution >= 4 is 27.9 Å². The Morgan fingerprint density at radius 3 is 2.71 bits per heavy atom. The first-order chi connectivity index (χ1) is 15.0. The molecule has 3 rings (SSSR count). The van der Waals surface area contributed by atoms with Crippen molar-refractivity contribution in [1.29, 1.82) is 0 Å². The van der Waals surface area contributed by atoms with Crippen LogP contribution in [0.1, 0.15) is 12.5 Å². The summed E-state index contributed by atoms with van der Waals surface area (Å²) >= 11 is 0. The topological polar surface area (TPSA) is 120 Å². The minimum Gasteiger partial charge on any atom is -0.491 e. The first kappa shape index (κ1) is 22.8. The maximum atomic E-state index is 12.7.